The zero-order valence-electron chi connectivity index (χ0n) is 13.0. The van der Waals surface area contributed by atoms with Gasteiger partial charge in [-0.25, -0.2) is 0 Å². The summed E-state index contributed by atoms with van der Waals surface area (Å²) in [6.45, 7) is 6.71. The Morgan fingerprint density at radius 2 is 1.71 bits per heavy atom. The summed E-state index contributed by atoms with van der Waals surface area (Å²) in [7, 11) is 0. The molecule has 0 radical (unpaired) electrons. The van der Waals surface area contributed by atoms with Crippen molar-refractivity contribution in [2.24, 2.45) is 10.9 Å². The quantitative estimate of drug-likeness (QED) is 0.584. The zero-order chi connectivity index (χ0) is 15.7. The largest absolute Gasteiger partial charge is 0.401 e. The molecule has 0 aromatic carbocycles. The molecule has 4 nitrogen and oxygen atoms in total. The molecule has 0 unspecified atom stereocenters. The van der Waals surface area contributed by atoms with Gasteiger partial charge in [-0.1, -0.05) is 0 Å². The lowest BCUT2D eigenvalue weighted by atomic mass is 9.93. The van der Waals surface area contributed by atoms with E-state index in [1.54, 1.807) is 0 Å². The molecule has 1 fully saturated rings. The Bertz CT molecular complexity index is 302. The lowest BCUT2D eigenvalue weighted by Gasteiger charge is -2.32. The van der Waals surface area contributed by atoms with Gasteiger partial charge in [0, 0.05) is 19.6 Å². The van der Waals surface area contributed by atoms with E-state index >= 15 is 0 Å². The van der Waals surface area contributed by atoms with Gasteiger partial charge in [-0.15, -0.1) is 0 Å². The van der Waals surface area contributed by atoms with Crippen LogP contribution in [-0.4, -0.2) is 56.3 Å². The normalized spacial score (nSPS) is 17.6. The number of alkyl halides is 3. The highest BCUT2D eigenvalue weighted by Crippen LogP contribution is 2.24. The van der Waals surface area contributed by atoms with Crippen LogP contribution in [-0.2, 0) is 0 Å². The molecular formula is C14H27F3N4. The minimum absolute atomic E-state index is 0.489. The molecule has 124 valence electrons. The van der Waals surface area contributed by atoms with Crippen molar-refractivity contribution in [3.05, 3.63) is 0 Å². The molecule has 1 saturated heterocycles. The Balaban J connectivity index is 2.24. The molecule has 1 heterocycles. The predicted molar refractivity (Wildman–Crippen MR) is 79.5 cm³/mol. The topological polar surface area (TPSA) is 39.7 Å². The smallest absolute Gasteiger partial charge is 0.357 e. The van der Waals surface area contributed by atoms with E-state index in [0.29, 0.717) is 19.0 Å². The lowest BCUT2D eigenvalue weighted by Crippen LogP contribution is -2.40. The third-order valence-corrected chi connectivity index (χ3v) is 3.61. The molecule has 1 aliphatic heterocycles. The molecule has 0 aromatic heterocycles. The Kier molecular flexibility index (Phi) is 7.85. The van der Waals surface area contributed by atoms with Crippen molar-refractivity contribution in [3.8, 4) is 0 Å². The monoisotopic (exact) mass is 308 g/mol. The van der Waals surface area contributed by atoms with Gasteiger partial charge in [0.2, 0.25) is 0 Å². The van der Waals surface area contributed by atoms with Crippen LogP contribution >= 0.6 is 0 Å². The van der Waals surface area contributed by atoms with Crippen molar-refractivity contribution < 1.29 is 13.2 Å². The second-order valence-corrected chi connectivity index (χ2v) is 5.41. The van der Waals surface area contributed by atoms with Gasteiger partial charge in [-0.3, -0.25) is 9.89 Å². The molecule has 0 aliphatic carbocycles. The molecule has 7 heteroatoms. The number of nitrogens with zero attached hydrogens (tertiary/aromatic N) is 2. The molecule has 0 saturated carbocycles. The average molecular weight is 308 g/mol. The van der Waals surface area contributed by atoms with Crippen LogP contribution < -0.4 is 10.6 Å². The van der Waals surface area contributed by atoms with Gasteiger partial charge in [-0.2, -0.15) is 13.2 Å². The highest BCUT2D eigenvalue weighted by molar-refractivity contribution is 5.79. The summed E-state index contributed by atoms with van der Waals surface area (Å²) in [6.07, 6.45) is -1.46. The second kappa shape index (κ2) is 9.12. The molecule has 0 amide bonds. The van der Waals surface area contributed by atoms with Crippen LogP contribution in [0.5, 0.6) is 0 Å². The van der Waals surface area contributed by atoms with E-state index < -0.39 is 12.7 Å². The number of rotatable bonds is 6. The first-order chi connectivity index (χ1) is 9.94. The van der Waals surface area contributed by atoms with Crippen LogP contribution in [0.3, 0.4) is 0 Å². The fourth-order valence-electron chi connectivity index (χ4n) is 2.55. The maximum Gasteiger partial charge on any atom is 0.401 e. The van der Waals surface area contributed by atoms with Crippen molar-refractivity contribution in [2.45, 2.75) is 39.3 Å². The minimum atomic E-state index is -4.08. The van der Waals surface area contributed by atoms with Crippen molar-refractivity contribution in [1.82, 2.24) is 15.5 Å². The zero-order valence-corrected chi connectivity index (χ0v) is 13.0. The minimum Gasteiger partial charge on any atom is -0.357 e. The Morgan fingerprint density at radius 1 is 1.14 bits per heavy atom. The molecule has 0 atom stereocenters. The highest BCUT2D eigenvalue weighted by Gasteiger charge is 2.32. The highest BCUT2D eigenvalue weighted by atomic mass is 19.4. The lowest BCUT2D eigenvalue weighted by molar-refractivity contribution is -0.148. The summed E-state index contributed by atoms with van der Waals surface area (Å²) >= 11 is 0. The van der Waals surface area contributed by atoms with Crippen molar-refractivity contribution in [2.75, 3.05) is 39.3 Å². The fraction of sp³-hybridized carbons (Fsp3) is 0.929. The standard InChI is InChI=1S/C14H27F3N4/c1-3-18-13(19-4-2)20-8-5-12-6-9-21(10-7-12)11-14(15,16)17/h12H,3-11H2,1-2H3,(H2,18,19,20). The van der Waals surface area contributed by atoms with Gasteiger partial charge in [0.05, 0.1) is 6.54 Å². The summed E-state index contributed by atoms with van der Waals surface area (Å²) in [5.41, 5.74) is 0. The first kappa shape index (κ1) is 18.1. The van der Waals surface area contributed by atoms with E-state index in [9.17, 15) is 13.2 Å². The van der Waals surface area contributed by atoms with Crippen molar-refractivity contribution in [1.29, 1.82) is 0 Å². The van der Waals surface area contributed by atoms with Crippen LogP contribution in [0.2, 0.25) is 0 Å². The number of halogens is 3. The Hall–Kier alpha value is -0.980. The van der Waals surface area contributed by atoms with E-state index in [2.05, 4.69) is 15.6 Å². The SMILES string of the molecule is CCNC(=NCCC1CCN(CC(F)(F)F)CC1)NCC. The third kappa shape index (κ3) is 8.14. The van der Waals surface area contributed by atoms with Crippen molar-refractivity contribution in [3.63, 3.8) is 0 Å². The Morgan fingerprint density at radius 3 is 2.19 bits per heavy atom. The summed E-state index contributed by atoms with van der Waals surface area (Å²) in [4.78, 5) is 5.98. The first-order valence-corrected chi connectivity index (χ1v) is 7.76. The molecule has 0 bridgehead atoms. The number of nitrogens with one attached hydrogen (secondary N) is 2. The van der Waals surface area contributed by atoms with Gasteiger partial charge in [0.1, 0.15) is 0 Å². The number of hydrogen-bond donors (Lipinski definition) is 2. The van der Waals surface area contributed by atoms with Crippen LogP contribution in [0.1, 0.15) is 33.1 Å². The number of piperidine rings is 1. The van der Waals surface area contributed by atoms with Crippen LogP contribution in [0.25, 0.3) is 0 Å². The molecule has 21 heavy (non-hydrogen) atoms. The number of hydrogen-bond acceptors (Lipinski definition) is 2. The molecule has 2 N–H and O–H groups in total. The third-order valence-electron chi connectivity index (χ3n) is 3.61. The van der Waals surface area contributed by atoms with E-state index in [1.807, 2.05) is 13.8 Å². The molecule has 1 aliphatic rings. The van der Waals surface area contributed by atoms with Crippen molar-refractivity contribution >= 4 is 5.96 Å². The van der Waals surface area contributed by atoms with Gasteiger partial charge >= 0.3 is 6.18 Å². The van der Waals surface area contributed by atoms with Gasteiger partial charge in [0.25, 0.3) is 0 Å². The Labute approximate surface area is 125 Å². The number of aliphatic imine (C=N–C) groups is 1. The summed E-state index contributed by atoms with van der Waals surface area (Å²) in [6, 6.07) is 0. The first-order valence-electron chi connectivity index (χ1n) is 7.76. The molecule has 0 spiro atoms. The van der Waals surface area contributed by atoms with E-state index in [1.165, 1.54) is 4.90 Å². The maximum absolute atomic E-state index is 12.3. The van der Waals surface area contributed by atoms with Crippen LogP contribution in [0, 0.1) is 5.92 Å². The molecule has 0 aromatic rings. The predicted octanol–water partition coefficient (Wildman–Crippen LogP) is 2.23. The van der Waals surface area contributed by atoms with Gasteiger partial charge < -0.3 is 10.6 Å². The van der Waals surface area contributed by atoms with Gasteiger partial charge in [0.15, 0.2) is 5.96 Å². The maximum atomic E-state index is 12.3. The number of guanidine groups is 1. The molecular weight excluding hydrogens is 281 g/mol. The molecule has 1 rings (SSSR count). The summed E-state index contributed by atoms with van der Waals surface area (Å²) < 4.78 is 36.9. The average Bonchev–Trinajstić information content (AvgIpc) is 2.39. The van der Waals surface area contributed by atoms with Gasteiger partial charge in [-0.05, 0) is 52.1 Å². The second-order valence-electron chi connectivity index (χ2n) is 5.41. The van der Waals surface area contributed by atoms with E-state index in [-0.39, 0.29) is 0 Å². The van der Waals surface area contributed by atoms with Crippen LogP contribution in [0.15, 0.2) is 4.99 Å². The van der Waals surface area contributed by atoms with Crippen LogP contribution in [0.4, 0.5) is 13.2 Å². The van der Waals surface area contributed by atoms with E-state index in [0.717, 1.165) is 44.9 Å². The summed E-state index contributed by atoms with van der Waals surface area (Å²) in [5.74, 6) is 1.30. The number of likely N-dealkylation sites (tertiary alicyclic amines) is 1. The van der Waals surface area contributed by atoms with E-state index in [4.69, 9.17) is 0 Å². The summed E-state index contributed by atoms with van der Waals surface area (Å²) in [5, 5.41) is 6.32. The fourth-order valence-corrected chi connectivity index (χ4v) is 2.55.